The van der Waals surface area contributed by atoms with Crippen LogP contribution in [0.2, 0.25) is 0 Å². The van der Waals surface area contributed by atoms with Gasteiger partial charge in [0.05, 0.1) is 0 Å². The summed E-state index contributed by atoms with van der Waals surface area (Å²) >= 11 is 1.47. The topological polar surface area (TPSA) is 51.8 Å². The molecule has 1 aromatic heterocycles. The summed E-state index contributed by atoms with van der Waals surface area (Å²) in [5.74, 6) is 0. The zero-order chi connectivity index (χ0) is 10.7. The molecule has 0 radical (unpaired) electrons. The van der Waals surface area contributed by atoms with Crippen molar-refractivity contribution in [2.75, 3.05) is 5.73 Å². The van der Waals surface area contributed by atoms with Gasteiger partial charge in [0.2, 0.25) is 5.13 Å². The van der Waals surface area contributed by atoms with Crippen LogP contribution in [0.5, 0.6) is 0 Å². The number of nitrogens with two attached hydrogens (primary N) is 1. The van der Waals surface area contributed by atoms with Gasteiger partial charge in [0.25, 0.3) is 0 Å². The summed E-state index contributed by atoms with van der Waals surface area (Å²) in [6, 6.07) is 8.52. The van der Waals surface area contributed by atoms with Crippen molar-refractivity contribution in [3.8, 4) is 0 Å². The summed E-state index contributed by atoms with van der Waals surface area (Å²) in [7, 11) is 0. The Labute approximate surface area is 93.0 Å². The maximum atomic E-state index is 5.52. The molecule has 0 aliphatic carbocycles. The summed E-state index contributed by atoms with van der Waals surface area (Å²) in [6.45, 7) is 2.10. The molecule has 1 aromatic carbocycles. The van der Waals surface area contributed by atoms with Crippen LogP contribution in [0, 0.1) is 6.92 Å². The zero-order valence-electron chi connectivity index (χ0n) is 8.60. The smallest absolute Gasteiger partial charge is 0.203 e. The van der Waals surface area contributed by atoms with E-state index in [-0.39, 0.29) is 0 Å². The fraction of sp³-hybridized carbons (Fsp3) is 0.273. The first kappa shape index (κ1) is 10.1. The van der Waals surface area contributed by atoms with Crippen LogP contribution in [0.1, 0.15) is 16.1 Å². The zero-order valence-corrected chi connectivity index (χ0v) is 9.42. The molecule has 0 aliphatic rings. The molecule has 4 heteroatoms. The first-order chi connectivity index (χ1) is 7.24. The van der Waals surface area contributed by atoms with E-state index in [1.165, 1.54) is 22.5 Å². The fourth-order valence-corrected chi connectivity index (χ4v) is 2.10. The number of benzene rings is 1. The molecule has 0 bridgehead atoms. The second kappa shape index (κ2) is 4.40. The van der Waals surface area contributed by atoms with Gasteiger partial charge in [-0.1, -0.05) is 41.2 Å². The van der Waals surface area contributed by atoms with E-state index in [0.717, 1.165) is 17.8 Å². The lowest BCUT2D eigenvalue weighted by molar-refractivity contribution is 0.905. The van der Waals surface area contributed by atoms with Crippen LogP contribution in [0.4, 0.5) is 5.13 Å². The number of hydrogen-bond acceptors (Lipinski definition) is 4. The predicted octanol–water partition coefficient (Wildman–Crippen LogP) is 2.21. The average molecular weight is 219 g/mol. The summed E-state index contributed by atoms with van der Waals surface area (Å²) in [4.78, 5) is 0. The Bertz CT molecular complexity index is 451. The summed E-state index contributed by atoms with van der Waals surface area (Å²) in [5.41, 5.74) is 8.15. The Morgan fingerprint density at radius 3 is 2.80 bits per heavy atom. The minimum absolute atomic E-state index is 0.550. The Morgan fingerprint density at radius 1 is 1.27 bits per heavy atom. The van der Waals surface area contributed by atoms with Crippen molar-refractivity contribution in [2.24, 2.45) is 0 Å². The van der Waals surface area contributed by atoms with Gasteiger partial charge in [-0.05, 0) is 18.9 Å². The van der Waals surface area contributed by atoms with Crippen molar-refractivity contribution in [1.82, 2.24) is 10.2 Å². The third kappa shape index (κ3) is 2.76. The lowest BCUT2D eigenvalue weighted by Crippen LogP contribution is -1.91. The number of rotatable bonds is 3. The van der Waals surface area contributed by atoms with E-state index in [1.54, 1.807) is 0 Å². The Kier molecular flexibility index (Phi) is 2.97. The number of nitrogen functional groups attached to an aromatic ring is 1. The van der Waals surface area contributed by atoms with Crippen molar-refractivity contribution >= 4 is 16.5 Å². The molecule has 0 fully saturated rings. The molecular weight excluding hydrogens is 206 g/mol. The van der Waals surface area contributed by atoms with Gasteiger partial charge >= 0.3 is 0 Å². The average Bonchev–Trinajstić information content (AvgIpc) is 2.62. The number of nitrogens with zero attached hydrogens (tertiary/aromatic N) is 2. The van der Waals surface area contributed by atoms with Gasteiger partial charge < -0.3 is 5.73 Å². The largest absolute Gasteiger partial charge is 0.374 e. The summed E-state index contributed by atoms with van der Waals surface area (Å²) < 4.78 is 0. The second-order valence-corrected chi connectivity index (χ2v) is 4.62. The summed E-state index contributed by atoms with van der Waals surface area (Å²) in [6.07, 6.45) is 1.91. The van der Waals surface area contributed by atoms with Crippen LogP contribution in [0.3, 0.4) is 0 Å². The van der Waals surface area contributed by atoms with E-state index in [9.17, 15) is 0 Å². The number of aromatic nitrogens is 2. The minimum atomic E-state index is 0.550. The normalized spacial score (nSPS) is 10.5. The number of aryl methyl sites for hydroxylation is 3. The van der Waals surface area contributed by atoms with E-state index in [2.05, 4.69) is 41.4 Å². The van der Waals surface area contributed by atoms with Gasteiger partial charge in [0.1, 0.15) is 5.01 Å². The molecule has 0 atom stereocenters. The minimum Gasteiger partial charge on any atom is -0.374 e. The van der Waals surface area contributed by atoms with Crippen LogP contribution in [0.25, 0.3) is 0 Å². The maximum absolute atomic E-state index is 5.52. The second-order valence-electron chi connectivity index (χ2n) is 3.52. The maximum Gasteiger partial charge on any atom is 0.203 e. The predicted molar refractivity (Wildman–Crippen MR) is 62.9 cm³/mol. The van der Waals surface area contributed by atoms with Crippen LogP contribution >= 0.6 is 11.3 Å². The Morgan fingerprint density at radius 2 is 2.13 bits per heavy atom. The molecule has 2 N–H and O–H groups in total. The van der Waals surface area contributed by atoms with Crippen molar-refractivity contribution in [3.63, 3.8) is 0 Å². The highest BCUT2D eigenvalue weighted by molar-refractivity contribution is 7.15. The highest BCUT2D eigenvalue weighted by Crippen LogP contribution is 2.14. The molecule has 0 saturated heterocycles. The molecule has 0 aliphatic heterocycles. The monoisotopic (exact) mass is 219 g/mol. The quantitative estimate of drug-likeness (QED) is 0.861. The van der Waals surface area contributed by atoms with Gasteiger partial charge in [-0.2, -0.15) is 0 Å². The fourth-order valence-electron chi connectivity index (χ4n) is 1.49. The van der Waals surface area contributed by atoms with Gasteiger partial charge in [0.15, 0.2) is 0 Å². The van der Waals surface area contributed by atoms with E-state index in [0.29, 0.717) is 5.13 Å². The molecule has 0 amide bonds. The van der Waals surface area contributed by atoms with Gasteiger partial charge in [-0.3, -0.25) is 0 Å². The molecule has 0 saturated carbocycles. The third-order valence-electron chi connectivity index (χ3n) is 2.19. The van der Waals surface area contributed by atoms with Crippen molar-refractivity contribution < 1.29 is 0 Å². The molecule has 15 heavy (non-hydrogen) atoms. The van der Waals surface area contributed by atoms with Crippen molar-refractivity contribution in [3.05, 3.63) is 40.4 Å². The van der Waals surface area contributed by atoms with Crippen molar-refractivity contribution in [2.45, 2.75) is 19.8 Å². The van der Waals surface area contributed by atoms with Crippen LogP contribution < -0.4 is 5.73 Å². The summed E-state index contributed by atoms with van der Waals surface area (Å²) in [5, 5.41) is 9.35. The van der Waals surface area contributed by atoms with Crippen LogP contribution in [-0.4, -0.2) is 10.2 Å². The molecule has 1 heterocycles. The molecule has 0 unspecified atom stereocenters. The third-order valence-corrected chi connectivity index (χ3v) is 3.00. The molecule has 2 aromatic rings. The van der Waals surface area contributed by atoms with Gasteiger partial charge in [0, 0.05) is 6.42 Å². The molecule has 3 nitrogen and oxygen atoms in total. The first-order valence-electron chi connectivity index (χ1n) is 4.87. The van der Waals surface area contributed by atoms with E-state index in [4.69, 9.17) is 5.73 Å². The standard InChI is InChI=1S/C11H13N3S/c1-8-3-2-4-9(7-8)5-6-10-13-14-11(12)15-10/h2-4,7H,5-6H2,1H3,(H2,12,14). The number of hydrogen-bond donors (Lipinski definition) is 1. The molecule has 78 valence electrons. The Hall–Kier alpha value is -1.42. The highest BCUT2D eigenvalue weighted by Gasteiger charge is 2.01. The van der Waals surface area contributed by atoms with E-state index in [1.807, 2.05) is 0 Å². The Balaban J connectivity index is 1.99. The van der Waals surface area contributed by atoms with Gasteiger partial charge in [-0.25, -0.2) is 0 Å². The van der Waals surface area contributed by atoms with E-state index < -0.39 is 0 Å². The first-order valence-corrected chi connectivity index (χ1v) is 5.69. The lowest BCUT2D eigenvalue weighted by atomic mass is 10.1. The van der Waals surface area contributed by atoms with Crippen LogP contribution in [-0.2, 0) is 12.8 Å². The SMILES string of the molecule is Cc1cccc(CCc2nnc(N)s2)c1. The highest BCUT2D eigenvalue weighted by atomic mass is 32.1. The molecule has 2 rings (SSSR count). The number of anilines is 1. The van der Waals surface area contributed by atoms with Gasteiger partial charge in [-0.15, -0.1) is 10.2 Å². The molecule has 0 spiro atoms. The molecular formula is C11H13N3S. The lowest BCUT2D eigenvalue weighted by Gasteiger charge is -1.99. The van der Waals surface area contributed by atoms with Crippen molar-refractivity contribution in [1.29, 1.82) is 0 Å². The van der Waals surface area contributed by atoms with Crippen LogP contribution in [0.15, 0.2) is 24.3 Å². The van der Waals surface area contributed by atoms with E-state index >= 15 is 0 Å².